The van der Waals surface area contributed by atoms with Gasteiger partial charge < -0.3 is 0 Å². The van der Waals surface area contributed by atoms with Gasteiger partial charge in [-0.1, -0.05) is 28.5 Å². The molecule has 1 heterocycles. The van der Waals surface area contributed by atoms with E-state index in [2.05, 4.69) is 63.8 Å². The maximum Gasteiger partial charge on any atom is 0.0237 e. The van der Waals surface area contributed by atoms with Gasteiger partial charge in [0.2, 0.25) is 0 Å². The van der Waals surface area contributed by atoms with E-state index >= 15 is 0 Å². The van der Waals surface area contributed by atoms with E-state index in [1.165, 1.54) is 46.7 Å². The van der Waals surface area contributed by atoms with E-state index in [-0.39, 0.29) is 0 Å². The summed E-state index contributed by atoms with van der Waals surface area (Å²) in [5, 5.41) is 1.00. The van der Waals surface area contributed by atoms with Gasteiger partial charge in [-0.2, -0.15) is 35.3 Å². The molecular formula is C10H20S5. The van der Waals surface area contributed by atoms with Crippen LogP contribution in [0.2, 0.25) is 0 Å². The van der Waals surface area contributed by atoms with Crippen molar-refractivity contribution in [1.29, 1.82) is 0 Å². The lowest BCUT2D eigenvalue weighted by Crippen LogP contribution is -1.89. The minimum Gasteiger partial charge on any atom is -0.162 e. The molecule has 15 heavy (non-hydrogen) atoms. The predicted molar refractivity (Wildman–Crippen MR) is 86.1 cm³/mol. The summed E-state index contributed by atoms with van der Waals surface area (Å²) in [7, 11) is 4.14. The first kappa shape index (κ1) is 14.8. The number of hydrogen-bond acceptors (Lipinski definition) is 5. The molecule has 1 aliphatic heterocycles. The second-order valence-electron chi connectivity index (χ2n) is 3.22. The summed E-state index contributed by atoms with van der Waals surface area (Å²) in [4.78, 5) is 0. The monoisotopic (exact) mass is 300 g/mol. The molecule has 0 radical (unpaired) electrons. The van der Waals surface area contributed by atoms with Crippen molar-refractivity contribution >= 4 is 56.9 Å². The molecule has 0 bridgehead atoms. The molecule has 1 saturated heterocycles. The molecule has 0 N–H and O–H groups in total. The molecule has 0 aliphatic carbocycles. The van der Waals surface area contributed by atoms with Gasteiger partial charge in [-0.05, 0) is 23.7 Å². The highest BCUT2D eigenvalue weighted by molar-refractivity contribution is 8.76. The first-order valence-electron chi connectivity index (χ1n) is 5.45. The van der Waals surface area contributed by atoms with Gasteiger partial charge >= 0.3 is 0 Å². The van der Waals surface area contributed by atoms with Crippen LogP contribution in [0, 0.1) is 0 Å². The molecule has 1 unspecified atom stereocenters. The van der Waals surface area contributed by atoms with E-state index in [1.54, 1.807) is 0 Å². The van der Waals surface area contributed by atoms with Gasteiger partial charge in [-0.15, -0.1) is 0 Å². The molecule has 0 saturated carbocycles. The van der Waals surface area contributed by atoms with Crippen LogP contribution in [0.5, 0.6) is 0 Å². The maximum atomic E-state index is 2.24. The maximum absolute atomic E-state index is 2.24. The lowest BCUT2D eigenvalue weighted by atomic mass is 10.6. The molecule has 0 nitrogen and oxygen atoms in total. The zero-order valence-electron chi connectivity index (χ0n) is 9.28. The Morgan fingerprint density at radius 3 is 2.60 bits per heavy atom. The van der Waals surface area contributed by atoms with Gasteiger partial charge in [-0.3, -0.25) is 0 Å². The van der Waals surface area contributed by atoms with Crippen molar-refractivity contribution in [2.75, 3.05) is 40.3 Å². The highest BCUT2D eigenvalue weighted by atomic mass is 33.1. The summed E-state index contributed by atoms with van der Waals surface area (Å²) in [6, 6.07) is 0. The van der Waals surface area contributed by atoms with E-state index in [0.717, 1.165) is 5.25 Å². The SMILES string of the molecule is CCSCCCSCCSSCC1CS1. The van der Waals surface area contributed by atoms with Crippen molar-refractivity contribution in [3.05, 3.63) is 0 Å². The molecule has 1 aliphatic rings. The van der Waals surface area contributed by atoms with Gasteiger partial charge in [0.05, 0.1) is 0 Å². The lowest BCUT2D eigenvalue weighted by Gasteiger charge is -2.01. The van der Waals surface area contributed by atoms with Crippen molar-refractivity contribution in [1.82, 2.24) is 0 Å². The van der Waals surface area contributed by atoms with Crippen LogP contribution in [0.25, 0.3) is 0 Å². The van der Waals surface area contributed by atoms with Crippen molar-refractivity contribution in [2.24, 2.45) is 0 Å². The topological polar surface area (TPSA) is 0 Å². The summed E-state index contributed by atoms with van der Waals surface area (Å²) in [6.07, 6.45) is 1.39. The Hall–Kier alpha value is 1.75. The summed E-state index contributed by atoms with van der Waals surface area (Å²) >= 11 is 6.30. The van der Waals surface area contributed by atoms with Crippen LogP contribution >= 0.6 is 56.9 Å². The average molecular weight is 301 g/mol. The van der Waals surface area contributed by atoms with E-state index in [0.29, 0.717) is 0 Å². The summed E-state index contributed by atoms with van der Waals surface area (Å²) in [5.41, 5.74) is 0. The number of thioether (sulfide) groups is 3. The molecule has 0 amide bonds. The Morgan fingerprint density at radius 1 is 1.07 bits per heavy atom. The van der Waals surface area contributed by atoms with E-state index < -0.39 is 0 Å². The number of hydrogen-bond donors (Lipinski definition) is 0. The third kappa shape index (κ3) is 10.6. The van der Waals surface area contributed by atoms with Crippen LogP contribution in [0.1, 0.15) is 13.3 Å². The Bertz CT molecular complexity index is 138. The van der Waals surface area contributed by atoms with Crippen LogP contribution in [0.3, 0.4) is 0 Å². The van der Waals surface area contributed by atoms with Crippen LogP contribution in [-0.2, 0) is 0 Å². The average Bonchev–Trinajstić information content (AvgIpc) is 3.05. The van der Waals surface area contributed by atoms with Crippen molar-refractivity contribution in [3.8, 4) is 0 Å². The molecule has 0 aromatic heterocycles. The fourth-order valence-corrected chi connectivity index (χ4v) is 6.55. The standard InChI is InChI=1S/C10H20S5/c1-2-11-4-3-5-12-6-7-14-15-9-10-8-13-10/h10H,2-9H2,1H3. The molecule has 1 rings (SSSR count). The molecule has 5 heteroatoms. The van der Waals surface area contributed by atoms with Gasteiger partial charge in [0.1, 0.15) is 0 Å². The molecule has 0 spiro atoms. The molecule has 0 aromatic carbocycles. The molecule has 1 atom stereocenters. The highest BCUT2D eigenvalue weighted by Gasteiger charge is 2.21. The van der Waals surface area contributed by atoms with Crippen LogP contribution < -0.4 is 0 Å². The Kier molecular flexibility index (Phi) is 10.7. The van der Waals surface area contributed by atoms with E-state index in [4.69, 9.17) is 0 Å². The summed E-state index contributed by atoms with van der Waals surface area (Å²) in [5.74, 6) is 9.43. The van der Waals surface area contributed by atoms with E-state index in [9.17, 15) is 0 Å². The van der Waals surface area contributed by atoms with Crippen LogP contribution in [0.15, 0.2) is 0 Å². The van der Waals surface area contributed by atoms with Crippen molar-refractivity contribution in [2.45, 2.75) is 18.6 Å². The second-order valence-corrected chi connectivity index (χ2v) is 9.80. The molecule has 1 fully saturated rings. The lowest BCUT2D eigenvalue weighted by molar-refractivity contribution is 1.12. The summed E-state index contributed by atoms with van der Waals surface area (Å²) in [6.45, 7) is 2.24. The summed E-state index contributed by atoms with van der Waals surface area (Å²) < 4.78 is 0. The van der Waals surface area contributed by atoms with Crippen molar-refractivity contribution in [3.63, 3.8) is 0 Å². The Morgan fingerprint density at radius 2 is 1.87 bits per heavy atom. The van der Waals surface area contributed by atoms with Gasteiger partial charge in [0.15, 0.2) is 0 Å². The smallest absolute Gasteiger partial charge is 0.0237 e. The number of rotatable bonds is 11. The minimum atomic E-state index is 1.00. The third-order valence-electron chi connectivity index (χ3n) is 1.83. The fraction of sp³-hybridized carbons (Fsp3) is 1.00. The van der Waals surface area contributed by atoms with Crippen LogP contribution in [0.4, 0.5) is 0 Å². The largest absolute Gasteiger partial charge is 0.162 e. The van der Waals surface area contributed by atoms with Crippen molar-refractivity contribution < 1.29 is 0 Å². The Balaban J connectivity index is 1.62. The fourth-order valence-electron chi connectivity index (χ4n) is 0.950. The third-order valence-corrected chi connectivity index (χ3v) is 7.81. The zero-order chi connectivity index (χ0) is 10.8. The zero-order valence-corrected chi connectivity index (χ0v) is 13.4. The van der Waals surface area contributed by atoms with Gasteiger partial charge in [-0.25, -0.2) is 0 Å². The Labute approximate surface area is 115 Å². The second kappa shape index (κ2) is 10.9. The first-order valence-corrected chi connectivity index (χ1v) is 11.3. The van der Waals surface area contributed by atoms with Gasteiger partial charge in [0.25, 0.3) is 0 Å². The molecule has 90 valence electrons. The normalized spacial score (nSPS) is 19.4. The quantitative estimate of drug-likeness (QED) is 0.315. The van der Waals surface area contributed by atoms with E-state index in [1.807, 2.05) is 0 Å². The minimum absolute atomic E-state index is 1.00. The van der Waals surface area contributed by atoms with Gasteiger partial charge in [0, 0.05) is 28.3 Å². The predicted octanol–water partition coefficient (Wildman–Crippen LogP) is 4.36. The molecule has 0 aromatic rings. The molecular weight excluding hydrogens is 280 g/mol. The first-order chi connectivity index (χ1) is 7.43. The van der Waals surface area contributed by atoms with Crippen LogP contribution in [-0.4, -0.2) is 45.5 Å². The highest BCUT2D eigenvalue weighted by Crippen LogP contribution is 2.36.